The molecule has 10 N–H and O–H groups in total. The van der Waals surface area contributed by atoms with Crippen molar-refractivity contribution in [1.29, 1.82) is 0 Å². The molecule has 0 unspecified atom stereocenters. The Hall–Kier alpha value is -8.57. The Morgan fingerprint density at radius 1 is 0.560 bits per heavy atom. The predicted molar refractivity (Wildman–Crippen MR) is 297 cm³/mol. The largest absolute Gasteiger partial charge is 0.368 e. The van der Waals surface area contributed by atoms with E-state index in [2.05, 4.69) is 71.5 Å². The van der Waals surface area contributed by atoms with Crippen LogP contribution < -0.4 is 27.4 Å². The van der Waals surface area contributed by atoms with Gasteiger partial charge in [0.2, 0.25) is 22.2 Å². The normalized spacial score (nSPS) is 10.7. The number of thioether (sulfide) groups is 3. The summed E-state index contributed by atoms with van der Waals surface area (Å²) in [6, 6.07) is 42.9. The van der Waals surface area contributed by atoms with Gasteiger partial charge in [0.25, 0.3) is 17.7 Å². The second-order valence-corrected chi connectivity index (χ2v) is 19.5. The molecule has 75 heavy (non-hydrogen) atoms. The summed E-state index contributed by atoms with van der Waals surface area (Å²) in [5.41, 5.74) is 19.9. The first-order valence-corrected chi connectivity index (χ1v) is 26.1. The van der Waals surface area contributed by atoms with Gasteiger partial charge in [-0.3, -0.25) is 24.5 Å². The van der Waals surface area contributed by atoms with Crippen molar-refractivity contribution in [2.45, 2.75) is 46.6 Å². The van der Waals surface area contributed by atoms with Gasteiger partial charge in [0.15, 0.2) is 5.16 Å². The molecular formula is C52H47ClN16O3S3. The molecule has 10 aromatic rings. The Morgan fingerprint density at radius 2 is 1.12 bits per heavy atom. The Kier molecular flexibility index (Phi) is 18.2. The number of carbonyl (C=O) groups is 3. The lowest BCUT2D eigenvalue weighted by Gasteiger charge is -2.08. The maximum Gasteiger partial charge on any atom is 0.256 e. The maximum atomic E-state index is 12.6. The number of nitrogens with one attached hydrogen (secondary N) is 6. The van der Waals surface area contributed by atoms with Gasteiger partial charge in [0.05, 0.1) is 17.4 Å². The lowest BCUT2D eigenvalue weighted by atomic mass is 10.1. The van der Waals surface area contributed by atoms with E-state index in [0.717, 1.165) is 44.0 Å². The van der Waals surface area contributed by atoms with E-state index in [1.165, 1.54) is 41.6 Å². The minimum atomic E-state index is -0.188. The number of benzene rings is 5. The Balaban J connectivity index is 0.000000150. The number of aromatic amines is 3. The highest BCUT2D eigenvalue weighted by Gasteiger charge is 2.12. The lowest BCUT2D eigenvalue weighted by Crippen LogP contribution is -2.13. The Morgan fingerprint density at radius 3 is 1.67 bits per heavy atom. The van der Waals surface area contributed by atoms with E-state index in [0.29, 0.717) is 66.5 Å². The number of rotatable bonds is 15. The molecule has 3 amide bonds. The van der Waals surface area contributed by atoms with Gasteiger partial charge < -0.3 is 27.4 Å². The summed E-state index contributed by atoms with van der Waals surface area (Å²) >= 11 is 10.3. The van der Waals surface area contributed by atoms with Crippen molar-refractivity contribution in [3.8, 4) is 0 Å². The van der Waals surface area contributed by atoms with Gasteiger partial charge in [0.1, 0.15) is 12.1 Å². The van der Waals surface area contributed by atoms with E-state index in [4.69, 9.17) is 23.1 Å². The monoisotopic (exact) mass is 1070 g/mol. The highest BCUT2D eigenvalue weighted by atomic mass is 35.5. The number of halogens is 1. The van der Waals surface area contributed by atoms with Crippen molar-refractivity contribution in [2.24, 2.45) is 0 Å². The molecule has 0 atom stereocenters. The van der Waals surface area contributed by atoms with Crippen molar-refractivity contribution < 1.29 is 14.4 Å². The number of aromatic nitrogens is 11. The van der Waals surface area contributed by atoms with Gasteiger partial charge in [-0.25, -0.2) is 20.2 Å². The molecule has 0 aliphatic carbocycles. The van der Waals surface area contributed by atoms with E-state index in [1.807, 2.05) is 111 Å². The van der Waals surface area contributed by atoms with Gasteiger partial charge in [-0.1, -0.05) is 108 Å². The minimum absolute atomic E-state index is 0.168. The number of aryl methyl sites for hydroxylation is 2. The van der Waals surface area contributed by atoms with E-state index < -0.39 is 0 Å². The van der Waals surface area contributed by atoms with Crippen LogP contribution >= 0.6 is 46.9 Å². The molecular weight excluding hydrogens is 1030 g/mol. The highest BCUT2D eigenvalue weighted by Crippen LogP contribution is 2.24. The molecule has 0 spiro atoms. The summed E-state index contributed by atoms with van der Waals surface area (Å²) in [4.78, 5) is 58.2. The molecule has 0 aliphatic rings. The first-order valence-electron chi connectivity index (χ1n) is 22.7. The number of hydrogen-bond donors (Lipinski definition) is 8. The minimum Gasteiger partial charge on any atom is -0.368 e. The molecule has 19 nitrogen and oxygen atoms in total. The van der Waals surface area contributed by atoms with Gasteiger partial charge in [-0.15, -0.1) is 10.2 Å². The number of amides is 3. The third kappa shape index (κ3) is 16.2. The molecule has 23 heteroatoms. The zero-order valence-electron chi connectivity index (χ0n) is 40.1. The summed E-state index contributed by atoms with van der Waals surface area (Å²) < 4.78 is 0. The summed E-state index contributed by atoms with van der Waals surface area (Å²) in [6.07, 6.45) is 3.13. The van der Waals surface area contributed by atoms with E-state index in [9.17, 15) is 14.4 Å². The van der Waals surface area contributed by atoms with E-state index >= 15 is 0 Å². The standard InChI is InChI=1S/C19H16N6OS.C17H18N6OS.C16H13ClN4OS/c20-18-23-19(25-24-18)27-11-12-4-3-6-14(8-12)17(26)22-15-9-13-5-1-2-7-16(13)21-10-15;1-10-6-11(2)19-14(7-10)20-15(24)13-5-3-4-12(8-13)9-25-17-21-16(18)22-23-17;17-13-5-2-6-14(8-13)20-15(22)12-4-1-3-11(7-12)9-23-16-18-10-19-21-16/h1-10H,11H2,(H,22,26)(H3,20,23,24,25);3-8H,9H2,1-2H3,(H,19,20,24)(H3,18,21,22,23);1-8,10H,9H2,(H,20,22)(H,18,19,21). The van der Waals surface area contributed by atoms with Gasteiger partial charge in [-0.05, 0) is 115 Å². The number of nitrogens with two attached hydrogens (primary N) is 2. The Bertz CT molecular complexity index is 3540. The van der Waals surface area contributed by atoms with Crippen LogP contribution in [0.2, 0.25) is 5.02 Å². The number of nitrogen functional groups attached to an aromatic ring is 2. The quantitative estimate of drug-likeness (QED) is 0.0443. The number of fused-ring (bicyclic) bond motifs is 1. The van der Waals surface area contributed by atoms with Crippen LogP contribution in [0.5, 0.6) is 0 Å². The number of hydrogen-bond acceptors (Lipinski definition) is 16. The molecule has 0 bridgehead atoms. The van der Waals surface area contributed by atoms with Crippen LogP contribution in [0.4, 0.5) is 29.1 Å². The third-order valence-electron chi connectivity index (χ3n) is 10.3. The molecule has 5 aromatic heterocycles. The van der Waals surface area contributed by atoms with E-state index in [1.54, 1.807) is 48.7 Å². The summed E-state index contributed by atoms with van der Waals surface area (Å²) in [5, 5.41) is 31.8. The fourth-order valence-corrected chi connectivity index (χ4v) is 9.38. The molecule has 5 aromatic carbocycles. The van der Waals surface area contributed by atoms with Gasteiger partial charge >= 0.3 is 0 Å². The second kappa shape index (κ2) is 25.9. The van der Waals surface area contributed by atoms with Crippen molar-refractivity contribution in [3.63, 3.8) is 0 Å². The Labute approximate surface area is 447 Å². The van der Waals surface area contributed by atoms with Crippen LogP contribution in [0, 0.1) is 13.8 Å². The summed E-state index contributed by atoms with van der Waals surface area (Å²) in [5.74, 6) is 2.57. The maximum absolute atomic E-state index is 12.6. The van der Waals surface area contributed by atoms with Gasteiger partial charge in [0, 0.05) is 55.7 Å². The molecule has 0 aliphatic heterocycles. The SMILES string of the molecule is Cc1cc(C)nc(NC(=O)c2cccc(CSc3n[nH]c(N)n3)c2)c1.Nc1nc(SCc2cccc(C(=O)Nc3cnc4ccccc4c3)c2)n[nH]1.O=C(Nc1cccc(Cl)c1)c1cccc(CSc2ncn[nH]2)c1. The topological polar surface area (TPSA) is 290 Å². The summed E-state index contributed by atoms with van der Waals surface area (Å²) in [6.45, 7) is 3.87. The number of nitrogens with zero attached hydrogens (tertiary/aromatic N) is 8. The second-order valence-electron chi connectivity index (χ2n) is 16.2. The molecule has 378 valence electrons. The fourth-order valence-electron chi connectivity index (χ4n) is 6.97. The van der Waals surface area contributed by atoms with Crippen molar-refractivity contribution >= 4 is 105 Å². The number of anilines is 5. The van der Waals surface area contributed by atoms with Crippen LogP contribution in [0.25, 0.3) is 10.9 Å². The van der Waals surface area contributed by atoms with Crippen molar-refractivity contribution in [3.05, 3.63) is 202 Å². The van der Waals surface area contributed by atoms with E-state index in [-0.39, 0.29) is 29.6 Å². The van der Waals surface area contributed by atoms with Crippen LogP contribution in [0.3, 0.4) is 0 Å². The van der Waals surface area contributed by atoms with Crippen LogP contribution in [0.1, 0.15) is 59.0 Å². The molecule has 0 radical (unpaired) electrons. The molecule has 5 heterocycles. The predicted octanol–water partition coefficient (Wildman–Crippen LogP) is 10.4. The number of para-hydroxylation sites is 1. The first-order chi connectivity index (χ1) is 36.4. The molecule has 0 fully saturated rings. The van der Waals surface area contributed by atoms with Crippen molar-refractivity contribution in [2.75, 3.05) is 27.4 Å². The molecule has 10 rings (SSSR count). The van der Waals surface area contributed by atoms with Crippen molar-refractivity contribution in [1.82, 2.24) is 55.5 Å². The van der Waals surface area contributed by atoms with Crippen LogP contribution in [-0.2, 0) is 17.3 Å². The lowest BCUT2D eigenvalue weighted by molar-refractivity contribution is 0.101. The summed E-state index contributed by atoms with van der Waals surface area (Å²) in [7, 11) is 0. The third-order valence-corrected chi connectivity index (χ3v) is 13.3. The average molecular weight is 1080 g/mol. The molecule has 0 saturated heterocycles. The highest BCUT2D eigenvalue weighted by molar-refractivity contribution is 7.98. The van der Waals surface area contributed by atoms with Crippen LogP contribution in [0.15, 0.2) is 168 Å². The molecule has 0 saturated carbocycles. The number of H-pyrrole nitrogens is 3. The first kappa shape index (κ1) is 52.7. The smallest absolute Gasteiger partial charge is 0.256 e. The number of carbonyl (C=O) groups excluding carboxylic acids is 3. The fraction of sp³-hybridized carbons (Fsp3) is 0.0962. The van der Waals surface area contributed by atoms with Gasteiger partial charge in [-0.2, -0.15) is 15.1 Å². The zero-order chi connectivity index (χ0) is 52.5. The average Bonchev–Trinajstić information content (AvgIpc) is 4.20. The number of pyridine rings is 2. The van der Waals surface area contributed by atoms with Crippen LogP contribution in [-0.4, -0.2) is 73.2 Å². The zero-order valence-corrected chi connectivity index (χ0v) is 43.3.